The summed E-state index contributed by atoms with van der Waals surface area (Å²) in [7, 11) is -2.21. The number of likely N-dealkylation sites (tertiary alicyclic amines) is 1. The number of unbranched alkanes of at least 4 members (excludes halogenated alkanes) is 1. The van der Waals surface area contributed by atoms with Gasteiger partial charge in [-0.15, -0.1) is 0 Å². The summed E-state index contributed by atoms with van der Waals surface area (Å²) in [6.45, 7) is 14.9. The highest BCUT2D eigenvalue weighted by molar-refractivity contribution is 6.74. The van der Waals surface area contributed by atoms with Gasteiger partial charge in [0.1, 0.15) is 11.9 Å². The Balaban J connectivity index is 0.851. The van der Waals surface area contributed by atoms with Crippen molar-refractivity contribution in [2.45, 2.75) is 96.1 Å². The highest BCUT2D eigenvalue weighted by Gasteiger charge is 2.39. The number of anilines is 2. The number of nitrogens with zero attached hydrogens (tertiary/aromatic N) is 1. The summed E-state index contributed by atoms with van der Waals surface area (Å²) in [5.41, 5.74) is 5.50. The molecule has 6 rings (SSSR count). The Bertz CT molecular complexity index is 2430. The summed E-state index contributed by atoms with van der Waals surface area (Å²) in [4.78, 5) is 55.3. The number of ether oxygens (including phenoxy) is 1. The lowest BCUT2D eigenvalue weighted by Crippen LogP contribution is -2.43. The van der Waals surface area contributed by atoms with Crippen LogP contribution in [0, 0.1) is 0 Å². The number of pyridine rings is 1. The van der Waals surface area contributed by atoms with Gasteiger partial charge in [-0.25, -0.2) is 4.79 Å². The second-order valence-electron chi connectivity index (χ2n) is 18.4. The van der Waals surface area contributed by atoms with Gasteiger partial charge < -0.3 is 40.1 Å². The van der Waals surface area contributed by atoms with E-state index in [9.17, 15) is 24.3 Å². The molecule has 1 aromatic heterocycles. The highest BCUT2D eigenvalue weighted by atomic mass is 28.4. The predicted octanol–water partition coefficient (Wildman–Crippen LogP) is 9.12. The van der Waals surface area contributed by atoms with Crippen molar-refractivity contribution in [2.75, 3.05) is 49.9 Å². The van der Waals surface area contributed by atoms with Crippen molar-refractivity contribution in [3.8, 4) is 16.9 Å². The highest BCUT2D eigenvalue weighted by Crippen LogP contribution is 2.41. The van der Waals surface area contributed by atoms with E-state index in [4.69, 9.17) is 9.16 Å². The van der Waals surface area contributed by atoms with Crippen LogP contribution in [-0.2, 0) is 25.2 Å². The topological polar surface area (TPSA) is 174 Å². The average molecular weight is 903 g/mol. The van der Waals surface area contributed by atoms with Gasteiger partial charge in [-0.05, 0) is 104 Å². The third-order valence-corrected chi connectivity index (χ3v) is 17.0. The van der Waals surface area contributed by atoms with Gasteiger partial charge >= 0.3 is 6.09 Å². The van der Waals surface area contributed by atoms with Gasteiger partial charge in [-0.2, -0.15) is 0 Å². The molecule has 1 fully saturated rings. The van der Waals surface area contributed by atoms with Crippen molar-refractivity contribution in [3.63, 3.8) is 0 Å². The molecule has 3 amide bonds. The molecule has 2 heterocycles. The van der Waals surface area contributed by atoms with Crippen molar-refractivity contribution in [1.82, 2.24) is 20.5 Å². The number of benzene rings is 4. The molecule has 1 aliphatic heterocycles. The van der Waals surface area contributed by atoms with Crippen LogP contribution in [-0.4, -0.2) is 86.6 Å². The minimum absolute atomic E-state index is 0.0133. The average Bonchev–Trinajstić information content (AvgIpc) is 3.27. The molecule has 0 saturated carbocycles. The minimum Gasteiger partial charge on any atom is -0.506 e. The number of hydrogen-bond donors (Lipinski definition) is 6. The van der Waals surface area contributed by atoms with Crippen LogP contribution in [0.4, 0.5) is 16.2 Å². The van der Waals surface area contributed by atoms with Gasteiger partial charge in [0.2, 0.25) is 17.4 Å². The van der Waals surface area contributed by atoms with Crippen molar-refractivity contribution in [1.29, 1.82) is 0 Å². The summed E-state index contributed by atoms with van der Waals surface area (Å²) in [5.74, 6) is -0.0614. The molecule has 14 heteroatoms. The second-order valence-corrected chi connectivity index (χ2v) is 23.2. The predicted molar refractivity (Wildman–Crippen MR) is 262 cm³/mol. The fraction of sp³-hybridized carbons (Fsp3) is 0.412. The lowest BCUT2D eigenvalue weighted by atomic mass is 10.0. The van der Waals surface area contributed by atoms with E-state index in [0.29, 0.717) is 75.9 Å². The number of hydrogen-bond acceptors (Lipinski definition) is 9. The molecule has 5 aromatic rings. The third kappa shape index (κ3) is 14.3. The van der Waals surface area contributed by atoms with Crippen molar-refractivity contribution < 1.29 is 28.7 Å². The quantitative estimate of drug-likeness (QED) is 0.0329. The standard InChI is InChI=1S/C51H66N6O7Si/c1-51(2,3)65(4,5)64-45(41-21-23-44(58)49-42(41)22-24-48(61)56-49)35-52-30-25-36-14-13-17-38(34-36)54-47(60)20-11-12-29-53-46(59)28-33-57-31-26-39(27-32-57)63-50(62)55-43-19-10-9-18-40(43)37-15-7-6-8-16-37/h6-10,13-19,21-24,34,39,45,52,58H,11-12,20,25-33,35H2,1-5H3,(H,53,59)(H,54,60)(H,55,62)(H,56,61). The number of H-pyrrole nitrogens is 1. The Morgan fingerprint density at radius 2 is 1.60 bits per heavy atom. The third-order valence-electron chi connectivity index (χ3n) is 12.5. The number of amides is 3. The first-order valence-electron chi connectivity index (χ1n) is 22.9. The number of aromatic amines is 1. The summed E-state index contributed by atoms with van der Waals surface area (Å²) < 4.78 is 12.7. The number of rotatable bonds is 20. The van der Waals surface area contributed by atoms with E-state index in [1.54, 1.807) is 12.1 Å². The molecule has 0 spiro atoms. The molecule has 6 N–H and O–H groups in total. The molecule has 1 atom stereocenters. The van der Waals surface area contributed by atoms with E-state index >= 15 is 0 Å². The number of aromatic hydroxyl groups is 1. The maximum atomic E-state index is 12.8. The summed E-state index contributed by atoms with van der Waals surface area (Å²) >= 11 is 0. The van der Waals surface area contributed by atoms with E-state index in [2.05, 4.69) is 65.0 Å². The number of nitrogens with one attached hydrogen (secondary N) is 5. The number of carbonyl (C=O) groups excluding carboxylic acids is 3. The molecule has 0 bridgehead atoms. The van der Waals surface area contributed by atoms with E-state index in [1.165, 1.54) is 6.07 Å². The molecular weight excluding hydrogens is 837 g/mol. The van der Waals surface area contributed by atoms with E-state index in [-0.39, 0.29) is 40.4 Å². The molecule has 1 unspecified atom stereocenters. The molecule has 1 saturated heterocycles. The van der Waals surface area contributed by atoms with Crippen LogP contribution in [0.2, 0.25) is 18.1 Å². The normalized spacial score (nSPS) is 14.2. The summed E-state index contributed by atoms with van der Waals surface area (Å²) in [5, 5.41) is 23.7. The van der Waals surface area contributed by atoms with Crippen LogP contribution < -0.4 is 26.8 Å². The Kier molecular flexibility index (Phi) is 17.1. The van der Waals surface area contributed by atoms with Gasteiger partial charge in [0, 0.05) is 68.3 Å². The van der Waals surface area contributed by atoms with Crippen LogP contribution >= 0.6 is 0 Å². The van der Waals surface area contributed by atoms with Crippen molar-refractivity contribution >= 4 is 48.5 Å². The molecule has 0 aliphatic carbocycles. The number of phenolic OH excluding ortho intramolecular Hbond substituents is 1. The number of carbonyl (C=O) groups is 3. The zero-order valence-electron chi connectivity index (χ0n) is 38.5. The Morgan fingerprint density at radius 3 is 2.37 bits per heavy atom. The maximum absolute atomic E-state index is 12.8. The van der Waals surface area contributed by atoms with Gasteiger partial charge in [0.05, 0.1) is 17.3 Å². The Labute approximate surface area is 383 Å². The lowest BCUT2D eigenvalue weighted by molar-refractivity contribution is -0.121. The summed E-state index contributed by atoms with van der Waals surface area (Å²) in [6.07, 6.45) is 3.29. The maximum Gasteiger partial charge on any atom is 0.411 e. The Morgan fingerprint density at radius 1 is 0.846 bits per heavy atom. The van der Waals surface area contributed by atoms with E-state index in [0.717, 1.165) is 52.8 Å². The largest absolute Gasteiger partial charge is 0.506 e. The molecule has 1 aliphatic rings. The second kappa shape index (κ2) is 22.9. The monoisotopic (exact) mass is 902 g/mol. The van der Waals surface area contributed by atoms with Crippen molar-refractivity contribution in [3.05, 3.63) is 125 Å². The molecule has 4 aromatic carbocycles. The van der Waals surface area contributed by atoms with E-state index in [1.807, 2.05) is 84.9 Å². The fourth-order valence-corrected chi connectivity index (χ4v) is 9.05. The van der Waals surface area contributed by atoms with Crippen LogP contribution in [0.3, 0.4) is 0 Å². The lowest BCUT2D eigenvalue weighted by Gasteiger charge is -2.39. The van der Waals surface area contributed by atoms with Gasteiger partial charge in [0.15, 0.2) is 8.32 Å². The first-order valence-corrected chi connectivity index (χ1v) is 25.8. The Hall–Kier alpha value is -5.80. The zero-order valence-corrected chi connectivity index (χ0v) is 39.5. The van der Waals surface area contributed by atoms with Gasteiger partial charge in [-0.3, -0.25) is 19.7 Å². The smallest absolute Gasteiger partial charge is 0.411 e. The fourth-order valence-electron chi connectivity index (χ4n) is 7.77. The molecule has 346 valence electrons. The molecule has 65 heavy (non-hydrogen) atoms. The zero-order chi connectivity index (χ0) is 46.4. The van der Waals surface area contributed by atoms with Crippen LogP contribution in [0.5, 0.6) is 5.75 Å². The number of aromatic nitrogens is 1. The number of fused-ring (bicyclic) bond motifs is 1. The SMILES string of the molecule is CC(C)(C)[Si](C)(C)OC(CNCCc1cccc(NC(=O)CCCCNC(=O)CCN2CCC(OC(=O)Nc3ccccc3-c3ccccc3)CC2)c1)c1ccc(O)c2[nH]c(=O)ccc12. The number of para-hydroxylation sites is 1. The van der Waals surface area contributed by atoms with Crippen LogP contribution in [0.15, 0.2) is 108 Å². The summed E-state index contributed by atoms with van der Waals surface area (Å²) in [6, 6.07) is 32.1. The molecule has 13 nitrogen and oxygen atoms in total. The minimum atomic E-state index is -2.21. The van der Waals surface area contributed by atoms with Gasteiger partial charge in [0.25, 0.3) is 0 Å². The van der Waals surface area contributed by atoms with Crippen molar-refractivity contribution in [2.24, 2.45) is 0 Å². The van der Waals surface area contributed by atoms with Crippen LogP contribution in [0.1, 0.15) is 76.5 Å². The molecule has 0 radical (unpaired) electrons. The first-order chi connectivity index (χ1) is 31.1. The number of phenols is 1. The number of piperidine rings is 1. The first kappa shape index (κ1) is 48.6. The molecular formula is C51H66N6O7Si. The van der Waals surface area contributed by atoms with E-state index < -0.39 is 14.4 Å². The van der Waals surface area contributed by atoms with Gasteiger partial charge in [-0.1, -0.05) is 87.5 Å². The van der Waals surface area contributed by atoms with Crippen LogP contribution in [0.25, 0.3) is 22.0 Å².